The Morgan fingerprint density at radius 2 is 1.44 bits per heavy atom. The topological polar surface area (TPSA) is 93.5 Å². The van der Waals surface area contributed by atoms with Crippen molar-refractivity contribution in [3.8, 4) is 0 Å². The fourth-order valence-corrected chi connectivity index (χ4v) is 6.80. The van der Waals surface area contributed by atoms with Crippen LogP contribution in [0.3, 0.4) is 0 Å². The van der Waals surface area contributed by atoms with Crippen molar-refractivity contribution < 1.29 is 53.8 Å². The van der Waals surface area contributed by atoms with Crippen LogP contribution in [-0.4, -0.2) is 45.2 Å². The van der Waals surface area contributed by atoms with Crippen molar-refractivity contribution in [3.05, 3.63) is 64.2 Å². The molecule has 1 aliphatic heterocycles. The molecule has 0 bridgehead atoms. The van der Waals surface area contributed by atoms with Gasteiger partial charge >= 0.3 is 24.5 Å². The minimum absolute atomic E-state index is 0.0187. The Balaban J connectivity index is 1.62. The van der Waals surface area contributed by atoms with E-state index in [2.05, 4.69) is 15.4 Å². The summed E-state index contributed by atoms with van der Waals surface area (Å²) in [6, 6.07) is 2.05. The number of methoxy groups -OCH3 is 1. The number of halogens is 9. The molecule has 1 unspecified atom stereocenters. The number of rotatable bonds is 7. The summed E-state index contributed by atoms with van der Waals surface area (Å²) in [6.45, 7) is 1.07. The van der Waals surface area contributed by atoms with E-state index in [4.69, 9.17) is 4.74 Å². The number of fused-ring (bicyclic) bond motifs is 1. The van der Waals surface area contributed by atoms with Crippen molar-refractivity contribution in [2.24, 2.45) is 18.9 Å². The average Bonchev–Trinajstić information content (AvgIpc) is 3.50. The summed E-state index contributed by atoms with van der Waals surface area (Å²) in [5.74, 6) is -1.96. The number of hydrogen-bond donors (Lipinski definition) is 0. The van der Waals surface area contributed by atoms with Crippen molar-refractivity contribution >= 4 is 23.5 Å². The number of aryl methyl sites for hydroxylation is 1. The van der Waals surface area contributed by atoms with E-state index in [9.17, 15) is 49.1 Å². The molecule has 50 heavy (non-hydrogen) atoms. The van der Waals surface area contributed by atoms with Crippen LogP contribution in [0.2, 0.25) is 0 Å². The largest absolute Gasteiger partial charge is 0.469 e. The highest BCUT2D eigenvalue weighted by Crippen LogP contribution is 2.47. The third kappa shape index (κ3) is 7.67. The van der Waals surface area contributed by atoms with Gasteiger partial charge in [-0.15, -0.1) is 5.10 Å². The van der Waals surface area contributed by atoms with Crippen LogP contribution in [0.15, 0.2) is 36.4 Å². The number of hydrogen-bond acceptors (Lipinski definition) is 7. The van der Waals surface area contributed by atoms with Crippen molar-refractivity contribution in [2.75, 3.05) is 16.9 Å². The molecule has 3 aromatic rings. The quantitative estimate of drug-likeness (QED) is 0.184. The zero-order chi connectivity index (χ0) is 36.8. The fraction of sp³-hybridized carbons (Fsp3) is 0.531. The highest BCUT2D eigenvalue weighted by Gasteiger charge is 2.44. The molecule has 1 saturated carbocycles. The first kappa shape index (κ1) is 36.9. The first-order chi connectivity index (χ1) is 23.3. The first-order valence-corrected chi connectivity index (χ1v) is 15.7. The highest BCUT2D eigenvalue weighted by atomic mass is 19.4. The molecular formula is C32H33F9N6O3. The molecule has 0 saturated heterocycles. The second kappa shape index (κ2) is 13.7. The SMILES string of the molecule is CC[C@@H]1CC(N(Cc2cc(C(F)(F)F)cc(C(F)(F)F)c2)c2nnn(C)n2)c2cc(C(F)(F)F)ccc2N1C(=O)C1CCC(C(=O)OC)CC1. The summed E-state index contributed by atoms with van der Waals surface area (Å²) >= 11 is 0. The maximum absolute atomic E-state index is 14.1. The first-order valence-electron chi connectivity index (χ1n) is 15.7. The van der Waals surface area contributed by atoms with Gasteiger partial charge in [0.1, 0.15) is 0 Å². The predicted octanol–water partition coefficient (Wildman–Crippen LogP) is 7.51. The maximum atomic E-state index is 14.1. The molecule has 2 aromatic carbocycles. The van der Waals surface area contributed by atoms with Gasteiger partial charge in [-0.05, 0) is 91.3 Å². The van der Waals surface area contributed by atoms with Crippen molar-refractivity contribution in [3.63, 3.8) is 0 Å². The number of carbonyl (C=O) groups is 2. The van der Waals surface area contributed by atoms with Gasteiger partial charge in [0.15, 0.2) is 0 Å². The smallest absolute Gasteiger partial charge is 0.416 e. The van der Waals surface area contributed by atoms with E-state index < -0.39 is 71.3 Å². The number of alkyl halides is 9. The molecule has 0 radical (unpaired) electrons. The number of anilines is 2. The zero-order valence-corrected chi connectivity index (χ0v) is 27.0. The normalized spacial score (nSPS) is 21.5. The third-order valence-corrected chi connectivity index (χ3v) is 9.28. The number of esters is 1. The van der Waals surface area contributed by atoms with Gasteiger partial charge in [-0.25, -0.2) is 0 Å². The Morgan fingerprint density at radius 1 is 0.860 bits per heavy atom. The van der Waals surface area contributed by atoms with Crippen LogP contribution in [0.25, 0.3) is 0 Å². The van der Waals surface area contributed by atoms with Gasteiger partial charge in [-0.3, -0.25) is 9.59 Å². The van der Waals surface area contributed by atoms with E-state index in [0.717, 1.165) is 23.0 Å². The van der Waals surface area contributed by atoms with Crippen LogP contribution in [-0.2, 0) is 46.4 Å². The molecule has 272 valence electrons. The standard InChI is InChI=1S/C32H33F9N6O3/c1-4-23-15-26(46(29-42-44-45(2)43-29)16-17-11-21(31(36,37)38)13-22(12-17)32(39,40)41)24-14-20(30(33,34)35)9-10-25(24)47(23)27(48)18-5-7-19(8-6-18)28(49)50-3/h9-14,18-19,23,26H,4-8,15-16H2,1-3H3/t18?,19?,23-,26?/m1/s1. The molecule has 1 fully saturated rings. The minimum atomic E-state index is -5.14. The number of nitrogens with zero attached hydrogens (tertiary/aromatic N) is 6. The molecule has 2 aliphatic rings. The highest BCUT2D eigenvalue weighted by molar-refractivity contribution is 5.97. The molecule has 1 aromatic heterocycles. The van der Waals surface area contributed by atoms with E-state index >= 15 is 0 Å². The van der Waals surface area contributed by atoms with Crippen LogP contribution in [0.1, 0.15) is 79.3 Å². The number of benzene rings is 2. The van der Waals surface area contributed by atoms with Crippen molar-refractivity contribution in [1.82, 2.24) is 20.2 Å². The Bertz CT molecular complexity index is 1680. The van der Waals surface area contributed by atoms with Crippen molar-refractivity contribution in [1.29, 1.82) is 0 Å². The van der Waals surface area contributed by atoms with Gasteiger partial charge in [0.2, 0.25) is 5.91 Å². The number of amides is 1. The number of aromatic nitrogens is 4. The lowest BCUT2D eigenvalue weighted by Crippen LogP contribution is -2.50. The van der Waals surface area contributed by atoms with Crippen LogP contribution >= 0.6 is 0 Å². The summed E-state index contributed by atoms with van der Waals surface area (Å²) in [5.41, 5.74) is -4.60. The lowest BCUT2D eigenvalue weighted by molar-refractivity contribution is -0.147. The average molecular weight is 721 g/mol. The second-order valence-electron chi connectivity index (χ2n) is 12.5. The van der Waals surface area contributed by atoms with E-state index in [0.29, 0.717) is 44.2 Å². The molecule has 2 atom stereocenters. The van der Waals surface area contributed by atoms with Crippen LogP contribution in [0.4, 0.5) is 51.1 Å². The summed E-state index contributed by atoms with van der Waals surface area (Å²) in [4.78, 5) is 29.8. The molecule has 0 N–H and O–H groups in total. The molecular weight excluding hydrogens is 687 g/mol. The van der Waals surface area contributed by atoms with Gasteiger partial charge in [0.05, 0.1) is 42.8 Å². The Labute approximate surface area is 280 Å². The van der Waals surface area contributed by atoms with Gasteiger partial charge < -0.3 is 14.5 Å². The van der Waals surface area contributed by atoms with E-state index in [1.54, 1.807) is 6.92 Å². The van der Waals surface area contributed by atoms with E-state index in [1.807, 2.05) is 0 Å². The minimum Gasteiger partial charge on any atom is -0.469 e. The van der Waals surface area contributed by atoms with Crippen molar-refractivity contribution in [2.45, 2.75) is 82.6 Å². The number of tetrazole rings is 1. The van der Waals surface area contributed by atoms with Gasteiger partial charge in [-0.2, -0.15) is 44.3 Å². The summed E-state index contributed by atoms with van der Waals surface area (Å²) in [7, 11) is 2.63. The lowest BCUT2D eigenvalue weighted by atomic mass is 9.80. The Hall–Kier alpha value is -4.38. The molecule has 18 heteroatoms. The number of carbonyl (C=O) groups excluding carboxylic acids is 2. The Kier molecular flexibility index (Phi) is 10.1. The summed E-state index contributed by atoms with van der Waals surface area (Å²) < 4.78 is 130. The van der Waals surface area contributed by atoms with Gasteiger partial charge in [-0.1, -0.05) is 12.0 Å². The van der Waals surface area contributed by atoms with Crippen LogP contribution in [0, 0.1) is 11.8 Å². The summed E-state index contributed by atoms with van der Waals surface area (Å²) in [6.07, 6.45) is -13.5. The van der Waals surface area contributed by atoms with Gasteiger partial charge in [0.25, 0.3) is 5.95 Å². The molecule has 1 amide bonds. The van der Waals surface area contributed by atoms with E-state index in [-0.39, 0.29) is 41.5 Å². The Morgan fingerprint density at radius 3 is 1.94 bits per heavy atom. The molecule has 9 nitrogen and oxygen atoms in total. The summed E-state index contributed by atoms with van der Waals surface area (Å²) in [5, 5.41) is 11.8. The third-order valence-electron chi connectivity index (χ3n) is 9.28. The monoisotopic (exact) mass is 720 g/mol. The molecule has 5 rings (SSSR count). The second-order valence-corrected chi connectivity index (χ2v) is 12.5. The molecule has 2 heterocycles. The van der Waals surface area contributed by atoms with Gasteiger partial charge in [0, 0.05) is 24.2 Å². The van der Waals surface area contributed by atoms with E-state index in [1.165, 1.54) is 24.0 Å². The fourth-order valence-electron chi connectivity index (χ4n) is 6.80. The number of ether oxygens (including phenoxy) is 1. The zero-order valence-electron chi connectivity index (χ0n) is 27.0. The molecule has 0 spiro atoms. The molecule has 1 aliphatic carbocycles. The van der Waals surface area contributed by atoms with Crippen LogP contribution < -0.4 is 9.80 Å². The lowest BCUT2D eigenvalue weighted by Gasteiger charge is -2.46. The maximum Gasteiger partial charge on any atom is 0.416 e. The van der Waals surface area contributed by atoms with Crippen LogP contribution in [0.5, 0.6) is 0 Å². The predicted molar refractivity (Wildman–Crippen MR) is 159 cm³/mol.